The molecule has 0 saturated carbocycles. The second-order valence-corrected chi connectivity index (χ2v) is 7.68. The predicted molar refractivity (Wildman–Crippen MR) is 114 cm³/mol. The van der Waals surface area contributed by atoms with Crippen LogP contribution in [0.15, 0.2) is 36.4 Å². The van der Waals surface area contributed by atoms with Gasteiger partial charge in [0.05, 0.1) is 5.69 Å². The number of hydrogen-bond acceptors (Lipinski definition) is 1. The molecule has 1 aromatic heterocycles. The Kier molecular flexibility index (Phi) is 6.63. The topological polar surface area (TPSA) is 41.8 Å². The van der Waals surface area contributed by atoms with Gasteiger partial charge in [-0.3, -0.25) is 0 Å². The summed E-state index contributed by atoms with van der Waals surface area (Å²) in [5.41, 5.74) is 11.6. The minimum atomic E-state index is 0.694. The fourth-order valence-corrected chi connectivity index (χ4v) is 3.84. The van der Waals surface area contributed by atoms with E-state index >= 15 is 0 Å². The lowest BCUT2D eigenvalue weighted by atomic mass is 9.98. The van der Waals surface area contributed by atoms with Crippen LogP contribution in [0.5, 0.6) is 0 Å². The molecule has 0 radical (unpaired) electrons. The monoisotopic (exact) mass is 388 g/mol. The summed E-state index contributed by atoms with van der Waals surface area (Å²) in [7, 11) is 0. The number of benzene rings is 2. The van der Waals surface area contributed by atoms with Crippen LogP contribution in [-0.2, 0) is 12.8 Å². The molecule has 0 aliphatic rings. The smallest absolute Gasteiger partial charge is 0.0512 e. The molecule has 0 spiro atoms. The van der Waals surface area contributed by atoms with Gasteiger partial charge in [0.1, 0.15) is 0 Å². The van der Waals surface area contributed by atoms with Crippen molar-refractivity contribution in [2.75, 3.05) is 6.54 Å². The number of halogens is 2. The molecule has 0 atom stereocenters. The molecule has 1 heterocycles. The number of rotatable bonds is 8. The van der Waals surface area contributed by atoms with Gasteiger partial charge in [0, 0.05) is 26.5 Å². The molecule has 0 aliphatic carbocycles. The minimum Gasteiger partial charge on any atom is -0.354 e. The number of aromatic amines is 1. The Balaban J connectivity index is 2.11. The molecule has 3 aromatic rings. The summed E-state index contributed by atoms with van der Waals surface area (Å²) >= 11 is 12.7. The highest BCUT2D eigenvalue weighted by atomic mass is 35.5. The number of nitrogens with one attached hydrogen (secondary N) is 1. The molecule has 3 N–H and O–H groups in total. The first kappa shape index (κ1) is 19.3. The Morgan fingerprint density at radius 2 is 1.81 bits per heavy atom. The van der Waals surface area contributed by atoms with Gasteiger partial charge in [-0.2, -0.15) is 0 Å². The van der Waals surface area contributed by atoms with E-state index in [2.05, 4.69) is 30.1 Å². The highest BCUT2D eigenvalue weighted by Gasteiger charge is 2.16. The van der Waals surface area contributed by atoms with Crippen LogP contribution in [0.25, 0.3) is 22.2 Å². The average molecular weight is 389 g/mol. The molecule has 4 heteroatoms. The van der Waals surface area contributed by atoms with E-state index < -0.39 is 0 Å². The third kappa shape index (κ3) is 4.25. The zero-order valence-corrected chi connectivity index (χ0v) is 16.8. The summed E-state index contributed by atoms with van der Waals surface area (Å²) in [5.74, 6) is 0. The Bertz CT molecular complexity index is 883. The molecule has 26 heavy (non-hydrogen) atoms. The number of aryl methyl sites for hydroxylation is 2. The maximum Gasteiger partial charge on any atom is 0.0512 e. The fourth-order valence-electron chi connectivity index (χ4n) is 3.46. The molecule has 0 unspecified atom stereocenters. The molecular weight excluding hydrogens is 363 g/mol. The molecule has 0 aliphatic heterocycles. The summed E-state index contributed by atoms with van der Waals surface area (Å²) < 4.78 is 0. The summed E-state index contributed by atoms with van der Waals surface area (Å²) in [6.07, 6.45) is 6.60. The van der Waals surface area contributed by atoms with Gasteiger partial charge >= 0.3 is 0 Å². The average Bonchev–Trinajstić information content (AvgIpc) is 3.00. The summed E-state index contributed by atoms with van der Waals surface area (Å²) in [4.78, 5) is 3.58. The molecule has 138 valence electrons. The van der Waals surface area contributed by atoms with Gasteiger partial charge < -0.3 is 10.7 Å². The van der Waals surface area contributed by atoms with E-state index in [1.54, 1.807) is 0 Å². The quantitative estimate of drug-likeness (QED) is 0.410. The van der Waals surface area contributed by atoms with Gasteiger partial charge in [-0.25, -0.2) is 0 Å². The van der Waals surface area contributed by atoms with Crippen LogP contribution in [0.2, 0.25) is 10.0 Å². The Labute approximate surface area is 165 Å². The standard InChI is InChI=1S/C22H26Cl2N2/c1-2-3-6-15-8-11-21-18(13-15)17(7-4-5-12-25)22(26-21)19-14-16(23)9-10-20(19)24/h8-11,13-14,26H,2-7,12,25H2,1H3. The molecule has 2 nitrogen and oxygen atoms in total. The zero-order valence-electron chi connectivity index (χ0n) is 15.2. The summed E-state index contributed by atoms with van der Waals surface area (Å²) in [5, 5.41) is 2.70. The van der Waals surface area contributed by atoms with Crippen molar-refractivity contribution in [3.63, 3.8) is 0 Å². The fraction of sp³-hybridized carbons (Fsp3) is 0.364. The van der Waals surface area contributed by atoms with E-state index in [0.29, 0.717) is 10.0 Å². The van der Waals surface area contributed by atoms with Gasteiger partial charge in [0.25, 0.3) is 0 Å². The van der Waals surface area contributed by atoms with Gasteiger partial charge in [0.15, 0.2) is 0 Å². The highest BCUT2D eigenvalue weighted by molar-refractivity contribution is 6.35. The lowest BCUT2D eigenvalue weighted by molar-refractivity contribution is 0.748. The number of nitrogens with two attached hydrogens (primary N) is 1. The van der Waals surface area contributed by atoms with Crippen LogP contribution in [0, 0.1) is 0 Å². The Hall–Kier alpha value is -1.48. The highest BCUT2D eigenvalue weighted by Crippen LogP contribution is 2.37. The Morgan fingerprint density at radius 1 is 0.962 bits per heavy atom. The van der Waals surface area contributed by atoms with Crippen LogP contribution >= 0.6 is 23.2 Å². The van der Waals surface area contributed by atoms with E-state index in [0.717, 1.165) is 49.0 Å². The molecule has 0 saturated heterocycles. The number of fused-ring (bicyclic) bond motifs is 1. The van der Waals surface area contributed by atoms with Crippen molar-refractivity contribution in [3.8, 4) is 11.3 Å². The first-order valence-electron chi connectivity index (χ1n) is 9.43. The van der Waals surface area contributed by atoms with Crippen molar-refractivity contribution in [2.24, 2.45) is 5.73 Å². The summed E-state index contributed by atoms with van der Waals surface area (Å²) in [6.45, 7) is 2.95. The van der Waals surface area contributed by atoms with Crippen LogP contribution in [0.3, 0.4) is 0 Å². The van der Waals surface area contributed by atoms with Crippen LogP contribution in [-0.4, -0.2) is 11.5 Å². The third-order valence-corrected chi connectivity index (χ3v) is 5.43. The van der Waals surface area contributed by atoms with E-state index in [9.17, 15) is 0 Å². The lowest BCUT2D eigenvalue weighted by Gasteiger charge is -2.08. The number of hydrogen-bond donors (Lipinski definition) is 2. The molecule has 0 fully saturated rings. The van der Waals surface area contributed by atoms with Crippen molar-refractivity contribution in [3.05, 3.63) is 57.6 Å². The van der Waals surface area contributed by atoms with Crippen LogP contribution in [0.4, 0.5) is 0 Å². The number of unbranched alkanes of at least 4 members (excludes halogenated alkanes) is 2. The van der Waals surface area contributed by atoms with E-state index in [1.165, 1.54) is 29.4 Å². The van der Waals surface area contributed by atoms with Crippen molar-refractivity contribution in [2.45, 2.75) is 45.4 Å². The second-order valence-electron chi connectivity index (χ2n) is 6.83. The maximum absolute atomic E-state index is 6.49. The maximum atomic E-state index is 6.49. The first-order valence-corrected chi connectivity index (χ1v) is 10.2. The minimum absolute atomic E-state index is 0.694. The van der Waals surface area contributed by atoms with Crippen LogP contribution in [0.1, 0.15) is 43.7 Å². The number of aromatic nitrogens is 1. The number of H-pyrrole nitrogens is 1. The van der Waals surface area contributed by atoms with Crippen molar-refractivity contribution in [1.82, 2.24) is 4.98 Å². The van der Waals surface area contributed by atoms with Crippen molar-refractivity contribution in [1.29, 1.82) is 0 Å². The van der Waals surface area contributed by atoms with E-state index in [-0.39, 0.29) is 0 Å². The molecule has 0 bridgehead atoms. The van der Waals surface area contributed by atoms with Crippen molar-refractivity contribution < 1.29 is 0 Å². The molecular formula is C22H26Cl2N2. The van der Waals surface area contributed by atoms with Gasteiger partial charge in [0.2, 0.25) is 0 Å². The van der Waals surface area contributed by atoms with Crippen LogP contribution < -0.4 is 5.73 Å². The first-order chi connectivity index (χ1) is 12.6. The predicted octanol–water partition coefficient (Wildman–Crippen LogP) is 6.77. The third-order valence-electron chi connectivity index (χ3n) is 4.87. The summed E-state index contributed by atoms with van der Waals surface area (Å²) in [6, 6.07) is 12.4. The van der Waals surface area contributed by atoms with Gasteiger partial charge in [-0.1, -0.05) is 42.6 Å². The largest absolute Gasteiger partial charge is 0.354 e. The van der Waals surface area contributed by atoms with Gasteiger partial charge in [-0.15, -0.1) is 0 Å². The Morgan fingerprint density at radius 3 is 2.58 bits per heavy atom. The van der Waals surface area contributed by atoms with E-state index in [4.69, 9.17) is 28.9 Å². The molecule has 0 amide bonds. The SMILES string of the molecule is CCCCc1ccc2[nH]c(-c3cc(Cl)ccc3Cl)c(CCCCN)c2c1. The van der Waals surface area contributed by atoms with E-state index in [1.807, 2.05) is 18.2 Å². The molecule has 3 rings (SSSR count). The zero-order chi connectivity index (χ0) is 18.5. The van der Waals surface area contributed by atoms with Crippen molar-refractivity contribution >= 4 is 34.1 Å². The second kappa shape index (κ2) is 8.94. The normalized spacial score (nSPS) is 11.4. The molecule has 2 aromatic carbocycles. The van der Waals surface area contributed by atoms with Gasteiger partial charge in [-0.05, 0) is 80.1 Å². The lowest BCUT2D eigenvalue weighted by Crippen LogP contribution is -1.99.